The molecule has 298 valence electrons. The molecule has 3 amide bonds. The second-order valence-corrected chi connectivity index (χ2v) is 17.8. The number of hydrogen-bond donors (Lipinski definition) is 3. The van der Waals surface area contributed by atoms with E-state index in [4.69, 9.17) is 16.3 Å². The summed E-state index contributed by atoms with van der Waals surface area (Å²) in [6.07, 6.45) is 5.44. The molecule has 1 aliphatic carbocycles. The molecule has 6 rings (SSSR count). The molecule has 1 saturated heterocycles. The number of aliphatic hydroxyl groups excluding tert-OH is 1. The highest BCUT2D eigenvalue weighted by Crippen LogP contribution is 2.57. The van der Waals surface area contributed by atoms with Crippen molar-refractivity contribution in [1.82, 2.24) is 28.8 Å². The van der Waals surface area contributed by atoms with Crippen LogP contribution in [-0.4, -0.2) is 100 Å². The first-order chi connectivity index (χ1) is 25.9. The third kappa shape index (κ3) is 10.3. The first-order valence-corrected chi connectivity index (χ1v) is 20.3. The van der Waals surface area contributed by atoms with E-state index in [9.17, 15) is 32.7 Å². The first kappa shape index (κ1) is 41.8. The number of aromatic nitrogens is 2. The number of ether oxygens (including phenoxy) is 1. The van der Waals surface area contributed by atoms with Crippen molar-refractivity contribution in [3.8, 4) is 5.69 Å². The van der Waals surface area contributed by atoms with Crippen LogP contribution in [0.5, 0.6) is 0 Å². The molecule has 16 heteroatoms. The minimum Gasteiger partial charge on any atom is -0.444 e. The van der Waals surface area contributed by atoms with Crippen molar-refractivity contribution in [2.45, 2.75) is 95.9 Å². The third-order valence-corrected chi connectivity index (χ3v) is 11.6. The van der Waals surface area contributed by atoms with Crippen LogP contribution in [0.15, 0.2) is 66.7 Å². The Balaban J connectivity index is 0.000000297. The zero-order chi connectivity index (χ0) is 40.1. The van der Waals surface area contributed by atoms with Crippen LogP contribution in [-0.2, 0) is 29.3 Å². The van der Waals surface area contributed by atoms with E-state index in [-0.39, 0.29) is 25.3 Å². The minimum absolute atomic E-state index is 0.00205. The number of aliphatic hydroxyl groups is 1. The molecule has 2 aliphatic heterocycles. The standard InChI is InChI=1S/C26H42N4O8S.C13H9ClN2/c1-25(2,3)38-24(35)27-19-12-10-8-6-7-9-11-17-14-26(17,23(34)28-39(36,37)29(4)5)15-21(32)20-13-18(31)16-30(20)22(19)33;14-13-15-11-8-4-5-9-12(11)16(13)10-6-2-1-3-7-10/h9,11,17-20,31H,6-8,10,12-16H2,1-5H3,(H,27,35)(H,28,34);1-9H/b11-9-;/t17-,18-,19+,20+,26-;/m1./s1. The largest absolute Gasteiger partial charge is 0.444 e. The van der Waals surface area contributed by atoms with Crippen LogP contribution in [0.3, 0.4) is 0 Å². The van der Waals surface area contributed by atoms with Crippen LogP contribution in [0.1, 0.15) is 72.1 Å². The van der Waals surface area contributed by atoms with Gasteiger partial charge in [0.15, 0.2) is 5.78 Å². The molecule has 0 bridgehead atoms. The topological polar surface area (TPSA) is 180 Å². The predicted molar refractivity (Wildman–Crippen MR) is 209 cm³/mol. The van der Waals surface area contributed by atoms with Crippen LogP contribution in [0, 0.1) is 11.3 Å². The number of nitrogens with one attached hydrogen (secondary N) is 2. The molecule has 3 N–H and O–H groups in total. The summed E-state index contributed by atoms with van der Waals surface area (Å²) >= 11 is 6.15. The van der Waals surface area contributed by atoms with E-state index < -0.39 is 63.1 Å². The summed E-state index contributed by atoms with van der Waals surface area (Å²) in [5.74, 6) is -2.01. The van der Waals surface area contributed by atoms with Crippen LogP contribution >= 0.6 is 11.6 Å². The molecule has 14 nitrogen and oxygen atoms in total. The molecule has 3 aliphatic rings. The lowest BCUT2D eigenvalue weighted by atomic mass is 9.91. The number of fused-ring (bicyclic) bond motifs is 3. The van der Waals surface area contributed by atoms with Crippen molar-refractivity contribution in [1.29, 1.82) is 0 Å². The first-order valence-electron chi connectivity index (χ1n) is 18.5. The lowest BCUT2D eigenvalue weighted by Gasteiger charge is -2.30. The molecule has 0 spiro atoms. The second kappa shape index (κ2) is 17.2. The van der Waals surface area contributed by atoms with Gasteiger partial charge in [0, 0.05) is 39.2 Å². The SMILES string of the molecule is CN(C)S(=O)(=O)NC(=O)[C@]12CC(=O)[C@@H]3C[C@@H](O)CN3C(=O)[C@@H](NC(=O)OC(C)(C)C)CCCCC/C=C\[C@@H]1C2.Clc1nc2ccccc2n1-c1ccccc1. The van der Waals surface area contributed by atoms with Crippen LogP contribution in [0.25, 0.3) is 16.7 Å². The molecular weight excluding hydrogens is 748 g/mol. The van der Waals surface area contributed by atoms with E-state index in [0.717, 1.165) is 40.3 Å². The number of allylic oxidation sites excluding steroid dienone is 2. The maximum absolute atomic E-state index is 13.6. The van der Waals surface area contributed by atoms with Crippen LogP contribution in [0.2, 0.25) is 5.28 Å². The summed E-state index contributed by atoms with van der Waals surface area (Å²) in [5.41, 5.74) is 0.946. The van der Waals surface area contributed by atoms with Gasteiger partial charge in [0.25, 0.3) is 0 Å². The summed E-state index contributed by atoms with van der Waals surface area (Å²) in [5, 5.41) is 13.5. The number of amides is 3. The summed E-state index contributed by atoms with van der Waals surface area (Å²) in [6.45, 7) is 5.06. The summed E-state index contributed by atoms with van der Waals surface area (Å²) in [4.78, 5) is 58.6. The number of hydrogen-bond acceptors (Lipinski definition) is 9. The van der Waals surface area contributed by atoms with Crippen molar-refractivity contribution in [3.63, 3.8) is 0 Å². The Hall–Kier alpha value is -4.31. The number of carbonyl (C=O) groups is 4. The normalized spacial score (nSPS) is 25.4. The Morgan fingerprint density at radius 3 is 2.42 bits per heavy atom. The molecule has 0 radical (unpaired) electrons. The number of nitrogens with zero attached hydrogens (tertiary/aromatic N) is 4. The zero-order valence-corrected chi connectivity index (χ0v) is 33.5. The molecule has 3 aromatic rings. The number of alkyl carbamates (subject to hydrolysis) is 1. The third-order valence-electron chi connectivity index (χ3n) is 9.97. The van der Waals surface area contributed by atoms with Gasteiger partial charge >= 0.3 is 16.3 Å². The summed E-state index contributed by atoms with van der Waals surface area (Å²) in [7, 11) is -1.47. The van der Waals surface area contributed by atoms with Gasteiger partial charge in [-0.1, -0.05) is 55.3 Å². The highest BCUT2D eigenvalue weighted by Gasteiger charge is 2.61. The van der Waals surface area contributed by atoms with E-state index in [0.29, 0.717) is 24.5 Å². The number of Topliss-reactive ketones (excluding diaryl/α,β-unsaturated/α-hetero) is 1. The smallest absolute Gasteiger partial charge is 0.408 e. The van der Waals surface area contributed by atoms with E-state index in [1.807, 2.05) is 71.3 Å². The Bertz CT molecular complexity index is 2010. The zero-order valence-electron chi connectivity index (χ0n) is 31.9. The molecule has 55 heavy (non-hydrogen) atoms. The average molecular weight is 799 g/mol. The number of halogens is 1. The van der Waals surface area contributed by atoms with Gasteiger partial charge in [-0.25, -0.2) is 14.5 Å². The van der Waals surface area contributed by atoms with E-state index in [2.05, 4.69) is 15.0 Å². The van der Waals surface area contributed by atoms with Gasteiger partial charge in [0.2, 0.25) is 17.1 Å². The maximum Gasteiger partial charge on any atom is 0.408 e. The van der Waals surface area contributed by atoms with E-state index >= 15 is 0 Å². The summed E-state index contributed by atoms with van der Waals surface area (Å²) < 4.78 is 35.0. The molecule has 1 aromatic heterocycles. The molecule has 2 aromatic carbocycles. The molecule has 3 heterocycles. The number of ketones is 1. The molecule has 0 unspecified atom stereocenters. The van der Waals surface area contributed by atoms with Crippen LogP contribution < -0.4 is 10.0 Å². The predicted octanol–water partition coefficient (Wildman–Crippen LogP) is 4.93. The number of rotatable bonds is 5. The van der Waals surface area contributed by atoms with Gasteiger partial charge < -0.3 is 20.1 Å². The Kier molecular flexibility index (Phi) is 13.1. The Labute approximate surface area is 327 Å². The lowest BCUT2D eigenvalue weighted by Crippen LogP contribution is -2.53. The van der Waals surface area contributed by atoms with Crippen molar-refractivity contribution in [3.05, 3.63) is 72.0 Å². The Morgan fingerprint density at radius 1 is 1.04 bits per heavy atom. The van der Waals surface area contributed by atoms with Gasteiger partial charge in [-0.05, 0) is 88.2 Å². The highest BCUT2D eigenvalue weighted by atomic mass is 35.5. The fourth-order valence-electron chi connectivity index (χ4n) is 7.01. The lowest BCUT2D eigenvalue weighted by molar-refractivity contribution is -0.140. The van der Waals surface area contributed by atoms with Gasteiger partial charge in [0.1, 0.15) is 11.6 Å². The quantitative estimate of drug-likeness (QED) is 0.302. The average Bonchev–Trinajstić information content (AvgIpc) is 3.48. The van der Waals surface area contributed by atoms with Crippen LogP contribution in [0.4, 0.5) is 4.79 Å². The molecule has 2 fully saturated rings. The molecular formula is C39H51ClN6O8S. The maximum atomic E-state index is 13.6. The number of para-hydroxylation sites is 3. The fraction of sp³-hybridized carbons (Fsp3) is 0.513. The van der Waals surface area contributed by atoms with Crippen molar-refractivity contribution >= 4 is 56.5 Å². The molecule has 5 atom stereocenters. The van der Waals surface area contributed by atoms with E-state index in [1.54, 1.807) is 20.8 Å². The van der Waals surface area contributed by atoms with Gasteiger partial charge in [-0.15, -0.1) is 0 Å². The number of imidazole rings is 1. The fourth-order valence-corrected chi connectivity index (χ4v) is 7.91. The monoisotopic (exact) mass is 798 g/mol. The van der Waals surface area contributed by atoms with Crippen molar-refractivity contribution in [2.75, 3.05) is 20.6 Å². The summed E-state index contributed by atoms with van der Waals surface area (Å²) in [6, 6.07) is 16.0. The van der Waals surface area contributed by atoms with Crippen molar-refractivity contribution in [2.24, 2.45) is 11.3 Å². The number of carbonyl (C=O) groups excluding carboxylic acids is 4. The van der Waals surface area contributed by atoms with Gasteiger partial charge in [-0.3, -0.25) is 19.0 Å². The minimum atomic E-state index is -4.07. The highest BCUT2D eigenvalue weighted by molar-refractivity contribution is 7.87. The van der Waals surface area contributed by atoms with E-state index in [1.165, 1.54) is 19.0 Å². The van der Waals surface area contributed by atoms with Gasteiger partial charge in [-0.2, -0.15) is 12.7 Å². The van der Waals surface area contributed by atoms with Crippen molar-refractivity contribution < 1.29 is 37.4 Å². The second-order valence-electron chi connectivity index (χ2n) is 15.5. The molecule has 1 saturated carbocycles. The Morgan fingerprint density at radius 2 is 1.73 bits per heavy atom. The van der Waals surface area contributed by atoms with Gasteiger partial charge in [0.05, 0.1) is 28.6 Å². The number of benzene rings is 2.